The fourth-order valence-corrected chi connectivity index (χ4v) is 4.23. The van der Waals surface area contributed by atoms with Gasteiger partial charge in [0.05, 0.1) is 10.4 Å². The largest absolute Gasteiger partial charge is 0.369 e. The molecule has 2 fully saturated rings. The van der Waals surface area contributed by atoms with Crippen molar-refractivity contribution < 1.29 is 8.42 Å². The highest BCUT2D eigenvalue weighted by Gasteiger charge is 2.44. The van der Waals surface area contributed by atoms with Crippen molar-refractivity contribution >= 4 is 26.8 Å². The van der Waals surface area contributed by atoms with Gasteiger partial charge in [0, 0.05) is 12.3 Å². The molecule has 5 nitrogen and oxygen atoms in total. The van der Waals surface area contributed by atoms with Crippen molar-refractivity contribution in [1.29, 1.82) is 0 Å². The Bertz CT molecular complexity index is 805. The van der Waals surface area contributed by atoms with E-state index in [1.807, 2.05) is 6.07 Å². The lowest BCUT2D eigenvalue weighted by Crippen LogP contribution is -2.15. The monoisotopic (exact) mass is 305 g/mol. The van der Waals surface area contributed by atoms with Crippen molar-refractivity contribution in [2.45, 2.75) is 36.6 Å². The maximum absolute atomic E-state index is 11.9. The molecule has 0 amide bonds. The van der Waals surface area contributed by atoms with Crippen LogP contribution in [0.4, 0.5) is 5.95 Å². The summed E-state index contributed by atoms with van der Waals surface area (Å²) in [6.07, 6.45) is 6.19. The van der Waals surface area contributed by atoms with Crippen molar-refractivity contribution in [2.24, 2.45) is 11.8 Å². The van der Waals surface area contributed by atoms with E-state index in [1.54, 1.807) is 12.1 Å². The van der Waals surface area contributed by atoms with Gasteiger partial charge in [0.2, 0.25) is 5.95 Å². The van der Waals surface area contributed by atoms with Crippen LogP contribution in [-0.4, -0.2) is 24.2 Å². The lowest BCUT2D eigenvalue weighted by molar-refractivity contribution is 0.409. The summed E-state index contributed by atoms with van der Waals surface area (Å²) in [6.45, 7) is 0. The number of nitrogen functional groups attached to an aromatic ring is 1. The SMILES string of the molecule is CS(=O)(=O)c1cccc2c1nc(N)n2C(C1CC1)C1CC1. The van der Waals surface area contributed by atoms with Gasteiger partial charge in [-0.2, -0.15) is 0 Å². The Hall–Kier alpha value is -1.56. The van der Waals surface area contributed by atoms with Gasteiger partial charge in [-0.05, 0) is 49.7 Å². The summed E-state index contributed by atoms with van der Waals surface area (Å²) in [5.74, 6) is 1.81. The van der Waals surface area contributed by atoms with Gasteiger partial charge in [-0.25, -0.2) is 13.4 Å². The zero-order chi connectivity index (χ0) is 14.8. The number of hydrogen-bond acceptors (Lipinski definition) is 4. The Morgan fingerprint density at radius 1 is 1.24 bits per heavy atom. The first-order valence-corrected chi connectivity index (χ1v) is 9.32. The van der Waals surface area contributed by atoms with Gasteiger partial charge < -0.3 is 10.3 Å². The van der Waals surface area contributed by atoms with Gasteiger partial charge >= 0.3 is 0 Å². The van der Waals surface area contributed by atoms with Crippen molar-refractivity contribution in [3.63, 3.8) is 0 Å². The van der Waals surface area contributed by atoms with Crippen molar-refractivity contribution in [3.8, 4) is 0 Å². The average Bonchev–Trinajstić information content (AvgIpc) is 3.29. The number of nitrogens with zero attached hydrogens (tertiary/aromatic N) is 2. The van der Waals surface area contributed by atoms with E-state index in [2.05, 4.69) is 9.55 Å². The number of sulfone groups is 1. The topological polar surface area (TPSA) is 78.0 Å². The Morgan fingerprint density at radius 2 is 1.86 bits per heavy atom. The highest BCUT2D eigenvalue weighted by atomic mass is 32.2. The minimum Gasteiger partial charge on any atom is -0.369 e. The molecule has 6 heteroatoms. The fourth-order valence-electron chi connectivity index (χ4n) is 3.40. The summed E-state index contributed by atoms with van der Waals surface area (Å²) < 4.78 is 26.0. The van der Waals surface area contributed by atoms with Gasteiger partial charge in [-0.1, -0.05) is 6.07 Å². The molecule has 2 aromatic rings. The number of nitrogens with two attached hydrogens (primary N) is 1. The molecule has 2 N–H and O–H groups in total. The van der Waals surface area contributed by atoms with E-state index in [0.717, 1.165) is 5.52 Å². The highest BCUT2D eigenvalue weighted by molar-refractivity contribution is 7.91. The Labute approximate surface area is 124 Å². The predicted octanol–water partition coefficient (Wildman–Crippen LogP) is 2.38. The minimum absolute atomic E-state index is 0.274. The molecule has 2 aliphatic carbocycles. The number of imidazole rings is 1. The first-order valence-electron chi connectivity index (χ1n) is 7.43. The third-order valence-corrected chi connectivity index (χ3v) is 5.75. The molecule has 0 saturated heterocycles. The molecule has 2 aliphatic rings. The molecule has 0 unspecified atom stereocenters. The molecule has 1 aromatic heterocycles. The van der Waals surface area contributed by atoms with Crippen LogP contribution >= 0.6 is 0 Å². The Kier molecular flexibility index (Phi) is 2.64. The molecule has 0 spiro atoms. The van der Waals surface area contributed by atoms with E-state index in [4.69, 9.17) is 5.73 Å². The van der Waals surface area contributed by atoms with Crippen LogP contribution in [0.2, 0.25) is 0 Å². The number of rotatable bonds is 4. The van der Waals surface area contributed by atoms with Crippen LogP contribution in [-0.2, 0) is 9.84 Å². The van der Waals surface area contributed by atoms with Crippen molar-refractivity contribution in [1.82, 2.24) is 9.55 Å². The molecule has 2 saturated carbocycles. The van der Waals surface area contributed by atoms with Gasteiger partial charge in [0.15, 0.2) is 9.84 Å². The second kappa shape index (κ2) is 4.22. The van der Waals surface area contributed by atoms with E-state index in [1.165, 1.54) is 31.9 Å². The van der Waals surface area contributed by atoms with Crippen molar-refractivity contribution in [2.75, 3.05) is 12.0 Å². The quantitative estimate of drug-likeness (QED) is 0.940. The van der Waals surface area contributed by atoms with E-state index in [0.29, 0.717) is 29.3 Å². The maximum Gasteiger partial charge on any atom is 0.201 e. The standard InChI is InChI=1S/C15H19N3O2S/c1-21(19,20)12-4-2-3-11-13(12)17-15(16)18(11)14(9-5-6-9)10-7-8-10/h2-4,9-10,14H,5-8H2,1H3,(H2,16,17). The average molecular weight is 305 g/mol. The van der Waals surface area contributed by atoms with Crippen LogP contribution in [0.25, 0.3) is 11.0 Å². The highest BCUT2D eigenvalue weighted by Crippen LogP contribution is 2.53. The van der Waals surface area contributed by atoms with Gasteiger partial charge in [0.1, 0.15) is 5.52 Å². The van der Waals surface area contributed by atoms with Crippen LogP contribution in [0.5, 0.6) is 0 Å². The number of hydrogen-bond donors (Lipinski definition) is 1. The summed E-state index contributed by atoms with van der Waals surface area (Å²) in [5, 5.41) is 0. The second-order valence-corrected chi connectivity index (χ2v) is 8.39. The van der Waals surface area contributed by atoms with E-state index in [-0.39, 0.29) is 4.90 Å². The molecule has 0 radical (unpaired) electrons. The van der Waals surface area contributed by atoms with E-state index < -0.39 is 9.84 Å². The normalized spacial score (nSPS) is 19.5. The molecule has 21 heavy (non-hydrogen) atoms. The van der Waals surface area contributed by atoms with E-state index in [9.17, 15) is 8.42 Å². The third kappa shape index (κ3) is 2.12. The zero-order valence-corrected chi connectivity index (χ0v) is 12.8. The molecule has 4 rings (SSSR count). The first-order chi connectivity index (χ1) is 9.97. The summed E-state index contributed by atoms with van der Waals surface area (Å²) in [7, 11) is -3.30. The lowest BCUT2D eigenvalue weighted by atomic mass is 10.1. The fraction of sp³-hybridized carbons (Fsp3) is 0.533. The predicted molar refractivity (Wildman–Crippen MR) is 81.7 cm³/mol. The molecule has 1 aromatic carbocycles. The van der Waals surface area contributed by atoms with E-state index >= 15 is 0 Å². The van der Waals surface area contributed by atoms with Crippen LogP contribution < -0.4 is 5.73 Å². The first kappa shape index (κ1) is 13.1. The van der Waals surface area contributed by atoms with Crippen LogP contribution in [0.15, 0.2) is 23.1 Å². The van der Waals surface area contributed by atoms with Crippen LogP contribution in [0, 0.1) is 11.8 Å². The summed E-state index contributed by atoms with van der Waals surface area (Å²) in [5.41, 5.74) is 7.53. The lowest BCUT2D eigenvalue weighted by Gasteiger charge is -2.20. The number of benzene rings is 1. The molecule has 1 heterocycles. The molecular formula is C15H19N3O2S. The number of anilines is 1. The Balaban J connectivity index is 1.95. The maximum atomic E-state index is 11.9. The molecule has 112 valence electrons. The molecule has 0 aliphatic heterocycles. The molecule has 0 bridgehead atoms. The van der Waals surface area contributed by atoms with Gasteiger partial charge in [-0.15, -0.1) is 0 Å². The zero-order valence-electron chi connectivity index (χ0n) is 12.0. The summed E-state index contributed by atoms with van der Waals surface area (Å²) in [6, 6.07) is 5.72. The van der Waals surface area contributed by atoms with Crippen LogP contribution in [0.3, 0.4) is 0 Å². The smallest absolute Gasteiger partial charge is 0.201 e. The Morgan fingerprint density at radius 3 is 2.38 bits per heavy atom. The second-order valence-electron chi connectivity index (χ2n) is 6.40. The third-order valence-electron chi connectivity index (χ3n) is 4.62. The number of para-hydroxylation sites is 1. The molecule has 0 atom stereocenters. The summed E-state index contributed by atoms with van der Waals surface area (Å²) in [4.78, 5) is 4.66. The number of fused-ring (bicyclic) bond motifs is 1. The van der Waals surface area contributed by atoms with Gasteiger partial charge in [-0.3, -0.25) is 0 Å². The van der Waals surface area contributed by atoms with Crippen molar-refractivity contribution in [3.05, 3.63) is 18.2 Å². The van der Waals surface area contributed by atoms with Gasteiger partial charge in [0.25, 0.3) is 0 Å². The summed E-state index contributed by atoms with van der Waals surface area (Å²) >= 11 is 0. The molecular weight excluding hydrogens is 286 g/mol. The number of aromatic nitrogens is 2. The van der Waals surface area contributed by atoms with Crippen LogP contribution in [0.1, 0.15) is 31.7 Å². The minimum atomic E-state index is -3.30.